The Morgan fingerprint density at radius 3 is 2.63 bits per heavy atom. The Morgan fingerprint density at radius 1 is 1.37 bits per heavy atom. The number of ketones is 1. The van der Waals surface area contributed by atoms with Crippen LogP contribution in [0.4, 0.5) is 0 Å². The normalized spacial score (nSPS) is 22.2. The van der Waals surface area contributed by atoms with Crippen molar-refractivity contribution in [1.82, 2.24) is 4.90 Å². The third-order valence-electron chi connectivity index (χ3n) is 4.26. The van der Waals surface area contributed by atoms with Gasteiger partial charge in [-0.3, -0.25) is 9.69 Å². The van der Waals surface area contributed by atoms with E-state index in [1.165, 1.54) is 18.4 Å². The summed E-state index contributed by atoms with van der Waals surface area (Å²) in [5.41, 5.74) is 2.14. The Labute approximate surface area is 116 Å². The Bertz CT molecular complexity index is 423. The van der Waals surface area contributed by atoms with Crippen molar-refractivity contribution in [2.24, 2.45) is 5.92 Å². The van der Waals surface area contributed by atoms with Gasteiger partial charge in [0, 0.05) is 12.1 Å². The molecule has 1 aliphatic rings. The van der Waals surface area contributed by atoms with Crippen LogP contribution in [-0.4, -0.2) is 29.8 Å². The minimum atomic E-state index is 0.00947. The SMILES string of the molecule is CCc1ccc(C(=O)C(C)N2CCCC(C)C2)cc1. The molecule has 0 amide bonds. The van der Waals surface area contributed by atoms with Gasteiger partial charge in [-0.1, -0.05) is 38.1 Å². The number of Topliss-reactive ketones (excluding diaryl/α,β-unsaturated/α-hetero) is 1. The second-order valence-electron chi connectivity index (χ2n) is 5.83. The van der Waals surface area contributed by atoms with E-state index in [1.54, 1.807) is 0 Å². The summed E-state index contributed by atoms with van der Waals surface area (Å²) in [6.07, 6.45) is 3.53. The largest absolute Gasteiger partial charge is 0.293 e. The smallest absolute Gasteiger partial charge is 0.179 e. The van der Waals surface area contributed by atoms with E-state index >= 15 is 0 Å². The molecule has 0 radical (unpaired) electrons. The van der Waals surface area contributed by atoms with Crippen LogP contribution >= 0.6 is 0 Å². The van der Waals surface area contributed by atoms with Gasteiger partial charge in [0.1, 0.15) is 0 Å². The lowest BCUT2D eigenvalue weighted by Crippen LogP contribution is -2.44. The van der Waals surface area contributed by atoms with Gasteiger partial charge < -0.3 is 0 Å². The standard InChI is InChI=1S/C17H25NO/c1-4-15-7-9-16(10-8-15)17(19)14(3)18-11-5-6-13(2)12-18/h7-10,13-14H,4-6,11-12H2,1-3H3. The van der Waals surface area contributed by atoms with Crippen molar-refractivity contribution < 1.29 is 4.79 Å². The molecule has 104 valence electrons. The van der Waals surface area contributed by atoms with E-state index in [1.807, 2.05) is 19.1 Å². The summed E-state index contributed by atoms with van der Waals surface area (Å²) in [6, 6.07) is 8.10. The lowest BCUT2D eigenvalue weighted by atomic mass is 9.96. The lowest BCUT2D eigenvalue weighted by Gasteiger charge is -2.34. The number of nitrogens with zero attached hydrogens (tertiary/aromatic N) is 1. The second-order valence-corrected chi connectivity index (χ2v) is 5.83. The fraction of sp³-hybridized carbons (Fsp3) is 0.588. The summed E-state index contributed by atoms with van der Waals surface area (Å²) in [4.78, 5) is 14.8. The molecule has 2 atom stereocenters. The van der Waals surface area contributed by atoms with Crippen molar-refractivity contribution in [2.45, 2.75) is 46.1 Å². The topological polar surface area (TPSA) is 20.3 Å². The Kier molecular flexibility index (Phi) is 4.76. The highest BCUT2D eigenvalue weighted by molar-refractivity contribution is 5.99. The molecular weight excluding hydrogens is 234 g/mol. The number of likely N-dealkylation sites (tertiary alicyclic amines) is 1. The van der Waals surface area contributed by atoms with Gasteiger partial charge in [0.2, 0.25) is 0 Å². The molecular formula is C17H25NO. The molecule has 0 aromatic heterocycles. The Morgan fingerprint density at radius 2 is 2.05 bits per heavy atom. The molecule has 1 saturated heterocycles. The van der Waals surface area contributed by atoms with Gasteiger partial charge in [-0.25, -0.2) is 0 Å². The molecule has 2 heteroatoms. The zero-order chi connectivity index (χ0) is 13.8. The number of aryl methyl sites for hydroxylation is 1. The molecule has 2 rings (SSSR count). The molecule has 1 heterocycles. The van der Waals surface area contributed by atoms with E-state index in [9.17, 15) is 4.79 Å². The number of carbonyl (C=O) groups is 1. The zero-order valence-corrected chi connectivity index (χ0v) is 12.4. The van der Waals surface area contributed by atoms with Crippen LogP contribution < -0.4 is 0 Å². The summed E-state index contributed by atoms with van der Waals surface area (Å²) in [5, 5.41) is 0. The molecule has 1 fully saturated rings. The molecule has 0 bridgehead atoms. The average Bonchev–Trinajstić information content (AvgIpc) is 2.46. The van der Waals surface area contributed by atoms with Crippen LogP contribution in [0.25, 0.3) is 0 Å². The van der Waals surface area contributed by atoms with Gasteiger partial charge >= 0.3 is 0 Å². The summed E-state index contributed by atoms with van der Waals surface area (Å²) in [6.45, 7) is 8.58. The van der Waals surface area contributed by atoms with Crippen molar-refractivity contribution in [3.05, 3.63) is 35.4 Å². The van der Waals surface area contributed by atoms with Gasteiger partial charge in [-0.05, 0) is 44.2 Å². The molecule has 19 heavy (non-hydrogen) atoms. The number of benzene rings is 1. The van der Waals surface area contributed by atoms with Crippen LogP contribution in [-0.2, 0) is 6.42 Å². The van der Waals surface area contributed by atoms with E-state index in [0.717, 1.165) is 25.1 Å². The number of hydrogen-bond donors (Lipinski definition) is 0. The van der Waals surface area contributed by atoms with E-state index in [-0.39, 0.29) is 11.8 Å². The number of carbonyl (C=O) groups excluding carboxylic acids is 1. The van der Waals surface area contributed by atoms with Crippen molar-refractivity contribution in [3.63, 3.8) is 0 Å². The monoisotopic (exact) mass is 259 g/mol. The first-order valence-electron chi connectivity index (χ1n) is 7.49. The van der Waals surface area contributed by atoms with Crippen LogP contribution in [0.3, 0.4) is 0 Å². The van der Waals surface area contributed by atoms with Gasteiger partial charge in [0.25, 0.3) is 0 Å². The van der Waals surface area contributed by atoms with Crippen LogP contribution in [0, 0.1) is 5.92 Å². The molecule has 1 aromatic carbocycles. The van der Waals surface area contributed by atoms with Crippen LogP contribution in [0.2, 0.25) is 0 Å². The van der Waals surface area contributed by atoms with Crippen molar-refractivity contribution >= 4 is 5.78 Å². The third kappa shape index (κ3) is 3.44. The van der Waals surface area contributed by atoms with Crippen LogP contribution in [0.1, 0.15) is 49.5 Å². The third-order valence-corrected chi connectivity index (χ3v) is 4.26. The molecule has 2 nitrogen and oxygen atoms in total. The summed E-state index contributed by atoms with van der Waals surface area (Å²) in [7, 11) is 0. The highest BCUT2D eigenvalue weighted by Gasteiger charge is 2.26. The number of hydrogen-bond acceptors (Lipinski definition) is 2. The van der Waals surface area contributed by atoms with Gasteiger partial charge in [0.05, 0.1) is 6.04 Å². The lowest BCUT2D eigenvalue weighted by molar-refractivity contribution is 0.0765. The fourth-order valence-electron chi connectivity index (χ4n) is 2.89. The van der Waals surface area contributed by atoms with Gasteiger partial charge in [-0.15, -0.1) is 0 Å². The molecule has 1 aliphatic heterocycles. The fourth-order valence-corrected chi connectivity index (χ4v) is 2.89. The summed E-state index contributed by atoms with van der Waals surface area (Å²) < 4.78 is 0. The summed E-state index contributed by atoms with van der Waals surface area (Å²) >= 11 is 0. The Balaban J connectivity index is 2.05. The first kappa shape index (κ1) is 14.3. The highest BCUT2D eigenvalue weighted by Crippen LogP contribution is 2.19. The first-order chi connectivity index (χ1) is 9.11. The predicted molar refractivity (Wildman–Crippen MR) is 79.6 cm³/mol. The van der Waals surface area contributed by atoms with Crippen molar-refractivity contribution in [1.29, 1.82) is 0 Å². The van der Waals surface area contributed by atoms with E-state index in [0.29, 0.717) is 5.92 Å². The average molecular weight is 259 g/mol. The second kappa shape index (κ2) is 6.33. The summed E-state index contributed by atoms with van der Waals surface area (Å²) in [5.74, 6) is 0.975. The maximum absolute atomic E-state index is 12.5. The van der Waals surface area contributed by atoms with E-state index in [2.05, 4.69) is 30.9 Å². The van der Waals surface area contributed by atoms with Gasteiger partial charge in [-0.2, -0.15) is 0 Å². The maximum atomic E-state index is 12.5. The van der Waals surface area contributed by atoms with E-state index in [4.69, 9.17) is 0 Å². The van der Waals surface area contributed by atoms with E-state index < -0.39 is 0 Å². The van der Waals surface area contributed by atoms with Gasteiger partial charge in [0.15, 0.2) is 5.78 Å². The van der Waals surface area contributed by atoms with Crippen LogP contribution in [0.5, 0.6) is 0 Å². The minimum Gasteiger partial charge on any atom is -0.293 e. The zero-order valence-electron chi connectivity index (χ0n) is 12.4. The number of piperidine rings is 1. The molecule has 0 aliphatic carbocycles. The number of rotatable bonds is 4. The van der Waals surface area contributed by atoms with Crippen LogP contribution in [0.15, 0.2) is 24.3 Å². The molecule has 2 unspecified atom stereocenters. The maximum Gasteiger partial charge on any atom is 0.179 e. The Hall–Kier alpha value is -1.15. The molecule has 0 N–H and O–H groups in total. The quantitative estimate of drug-likeness (QED) is 0.771. The molecule has 1 aromatic rings. The predicted octanol–water partition coefficient (Wildman–Crippen LogP) is 3.55. The highest BCUT2D eigenvalue weighted by atomic mass is 16.1. The minimum absolute atomic E-state index is 0.00947. The molecule has 0 spiro atoms. The first-order valence-corrected chi connectivity index (χ1v) is 7.49. The van der Waals surface area contributed by atoms with Crippen molar-refractivity contribution in [3.8, 4) is 0 Å². The molecule has 0 saturated carbocycles. The van der Waals surface area contributed by atoms with Crippen molar-refractivity contribution in [2.75, 3.05) is 13.1 Å².